The molecule has 1 N–H and O–H groups in total. The molecule has 136 valence electrons. The van der Waals surface area contributed by atoms with Gasteiger partial charge < -0.3 is 9.74 Å². The van der Waals surface area contributed by atoms with E-state index in [0.29, 0.717) is 0 Å². The summed E-state index contributed by atoms with van der Waals surface area (Å²) in [6.07, 6.45) is -0.107. The van der Waals surface area contributed by atoms with Crippen LogP contribution in [0.5, 0.6) is 0 Å². The monoisotopic (exact) mass is 357 g/mol. The van der Waals surface area contributed by atoms with E-state index in [1.165, 1.54) is 0 Å². The van der Waals surface area contributed by atoms with Crippen LogP contribution in [0.1, 0.15) is 46.1 Å². The fraction of sp³-hybridized carbons (Fsp3) is 0.571. The van der Waals surface area contributed by atoms with Crippen LogP contribution in [0.25, 0.3) is 0 Å². The van der Waals surface area contributed by atoms with Crippen molar-refractivity contribution in [2.24, 2.45) is 5.92 Å². The van der Waals surface area contributed by atoms with Crippen LogP contribution in [0, 0.1) is 17.8 Å². The molecule has 0 aromatic heterocycles. The van der Waals surface area contributed by atoms with Crippen molar-refractivity contribution in [1.82, 2.24) is 5.32 Å². The highest BCUT2D eigenvalue weighted by atomic mass is 28.4. The third-order valence-corrected chi connectivity index (χ3v) is 10.2. The first kappa shape index (κ1) is 19.7. The molecule has 0 aliphatic carbocycles. The number of benzene rings is 1. The van der Waals surface area contributed by atoms with Gasteiger partial charge in [0.25, 0.3) is 0 Å². The maximum absolute atomic E-state index is 12.3. The third kappa shape index (κ3) is 4.16. The van der Waals surface area contributed by atoms with Gasteiger partial charge in [0.05, 0.1) is 24.0 Å². The summed E-state index contributed by atoms with van der Waals surface area (Å²) in [6.45, 7) is 15.0. The van der Waals surface area contributed by atoms with Crippen LogP contribution in [-0.4, -0.2) is 26.4 Å². The zero-order valence-corrected chi connectivity index (χ0v) is 17.5. The zero-order valence-electron chi connectivity index (χ0n) is 16.5. The summed E-state index contributed by atoms with van der Waals surface area (Å²) >= 11 is 0. The highest BCUT2D eigenvalue weighted by molar-refractivity contribution is 6.74. The number of hydrogen-bond donors (Lipinski definition) is 1. The van der Waals surface area contributed by atoms with E-state index in [9.17, 15) is 4.79 Å². The van der Waals surface area contributed by atoms with Gasteiger partial charge in [-0.05, 0) is 37.5 Å². The maximum atomic E-state index is 12.3. The lowest BCUT2D eigenvalue weighted by atomic mass is 9.76. The van der Waals surface area contributed by atoms with Crippen LogP contribution < -0.4 is 5.32 Å². The minimum atomic E-state index is -1.92. The summed E-state index contributed by atoms with van der Waals surface area (Å²) in [6, 6.07) is 10.2. The molecule has 2 rings (SSSR count). The Kier molecular flexibility index (Phi) is 5.81. The molecular formula is C21H31NO2Si. The fourth-order valence-corrected chi connectivity index (χ4v) is 4.55. The predicted octanol–water partition coefficient (Wildman–Crippen LogP) is 4.32. The largest absolute Gasteiger partial charge is 0.413 e. The lowest BCUT2D eigenvalue weighted by Gasteiger charge is -2.47. The maximum Gasteiger partial charge on any atom is 0.228 e. The van der Waals surface area contributed by atoms with Crippen LogP contribution in [0.2, 0.25) is 18.1 Å². The van der Waals surface area contributed by atoms with Crippen LogP contribution in [0.4, 0.5) is 0 Å². The highest BCUT2D eigenvalue weighted by Gasteiger charge is 2.50. The number of nitrogens with one attached hydrogen (secondary N) is 1. The lowest BCUT2D eigenvalue weighted by molar-refractivity contribution is -0.140. The highest BCUT2D eigenvalue weighted by Crippen LogP contribution is 2.40. The second kappa shape index (κ2) is 7.35. The van der Waals surface area contributed by atoms with E-state index < -0.39 is 8.32 Å². The number of hydrogen-bond acceptors (Lipinski definition) is 2. The number of rotatable bonds is 5. The summed E-state index contributed by atoms with van der Waals surface area (Å²) in [4.78, 5) is 12.3. The Hall–Kier alpha value is -1.57. The first-order valence-corrected chi connectivity index (χ1v) is 11.9. The van der Waals surface area contributed by atoms with E-state index in [4.69, 9.17) is 4.43 Å². The Morgan fingerprint density at radius 2 is 1.80 bits per heavy atom. The quantitative estimate of drug-likeness (QED) is 0.484. The molecule has 1 amide bonds. The van der Waals surface area contributed by atoms with Gasteiger partial charge in [-0.15, -0.1) is 5.92 Å². The van der Waals surface area contributed by atoms with Gasteiger partial charge in [-0.2, -0.15) is 0 Å². The summed E-state index contributed by atoms with van der Waals surface area (Å²) in [5.74, 6) is 6.24. The minimum absolute atomic E-state index is 0.000587. The molecule has 1 saturated heterocycles. The Morgan fingerprint density at radius 1 is 1.20 bits per heavy atom. The van der Waals surface area contributed by atoms with Gasteiger partial charge in [-0.25, -0.2) is 0 Å². The molecule has 0 saturated carbocycles. The average molecular weight is 358 g/mol. The Bertz CT molecular complexity index is 667. The van der Waals surface area contributed by atoms with Crippen molar-refractivity contribution >= 4 is 14.2 Å². The van der Waals surface area contributed by atoms with Crippen molar-refractivity contribution in [3.63, 3.8) is 0 Å². The van der Waals surface area contributed by atoms with Gasteiger partial charge in [0.2, 0.25) is 5.91 Å². The SMILES string of the molecule is CC#CC(c1ccccc1)[C@H]1NC(=O)[C@@H]1[C@@H](C)O[Si](C)(C)C(C)(C)C. The summed E-state index contributed by atoms with van der Waals surface area (Å²) < 4.78 is 6.50. The van der Waals surface area contributed by atoms with Crippen LogP contribution >= 0.6 is 0 Å². The van der Waals surface area contributed by atoms with Crippen molar-refractivity contribution in [1.29, 1.82) is 0 Å². The minimum Gasteiger partial charge on any atom is -0.413 e. The van der Waals surface area contributed by atoms with E-state index in [1.54, 1.807) is 0 Å². The molecule has 1 aromatic rings. The predicted molar refractivity (Wildman–Crippen MR) is 106 cm³/mol. The van der Waals surface area contributed by atoms with E-state index in [0.717, 1.165) is 5.56 Å². The molecule has 0 radical (unpaired) electrons. The van der Waals surface area contributed by atoms with Crippen molar-refractivity contribution in [2.45, 2.75) is 70.8 Å². The Balaban J connectivity index is 2.22. The van der Waals surface area contributed by atoms with Gasteiger partial charge in [0, 0.05) is 0 Å². The molecule has 1 heterocycles. The van der Waals surface area contributed by atoms with Crippen LogP contribution in [0.15, 0.2) is 30.3 Å². The number of β-lactam (4-membered cyclic amide) rings is 1. The lowest BCUT2D eigenvalue weighted by Crippen LogP contribution is -2.65. The molecule has 4 atom stereocenters. The van der Waals surface area contributed by atoms with Gasteiger partial charge in [0.15, 0.2) is 8.32 Å². The van der Waals surface area contributed by atoms with Crippen LogP contribution in [-0.2, 0) is 9.22 Å². The molecule has 0 bridgehead atoms. The summed E-state index contributed by atoms with van der Waals surface area (Å²) in [7, 11) is -1.92. The molecule has 3 nitrogen and oxygen atoms in total. The molecule has 1 aromatic carbocycles. The normalized spacial score (nSPS) is 22.9. The second-order valence-corrected chi connectivity index (χ2v) is 13.2. The molecule has 1 unspecified atom stereocenters. The van der Waals surface area contributed by atoms with E-state index in [1.807, 2.05) is 32.0 Å². The van der Waals surface area contributed by atoms with Crippen molar-refractivity contribution in [3.05, 3.63) is 35.9 Å². The number of carbonyl (C=O) groups excluding carboxylic acids is 1. The van der Waals surface area contributed by atoms with Crippen LogP contribution in [0.3, 0.4) is 0 Å². The van der Waals surface area contributed by atoms with Gasteiger partial charge in [-0.3, -0.25) is 4.79 Å². The molecule has 1 fully saturated rings. The first-order valence-electron chi connectivity index (χ1n) is 9.04. The summed E-state index contributed by atoms with van der Waals surface area (Å²) in [5.41, 5.74) is 1.14. The van der Waals surface area contributed by atoms with Gasteiger partial charge in [-0.1, -0.05) is 57.0 Å². The van der Waals surface area contributed by atoms with E-state index in [-0.39, 0.29) is 34.9 Å². The number of carbonyl (C=O) groups is 1. The topological polar surface area (TPSA) is 38.3 Å². The molecule has 4 heteroatoms. The van der Waals surface area contributed by atoms with E-state index >= 15 is 0 Å². The third-order valence-electron chi connectivity index (χ3n) is 5.61. The second-order valence-electron chi connectivity index (χ2n) is 8.43. The van der Waals surface area contributed by atoms with Crippen molar-refractivity contribution in [3.8, 4) is 11.8 Å². The van der Waals surface area contributed by atoms with Crippen molar-refractivity contribution in [2.75, 3.05) is 0 Å². The Labute approximate surface area is 153 Å². The molecule has 25 heavy (non-hydrogen) atoms. The van der Waals surface area contributed by atoms with Gasteiger partial charge >= 0.3 is 0 Å². The van der Waals surface area contributed by atoms with Gasteiger partial charge in [0.1, 0.15) is 0 Å². The standard InChI is InChI=1S/C21H31NO2Si/c1-8-12-17(16-13-10-9-11-14-16)19-18(20(23)22-19)15(2)24-25(6,7)21(3,4)5/h9-11,13-15,17-19H,1-7H3,(H,22,23)/t15-,17?,18-,19-/m1/s1. The fourth-order valence-electron chi connectivity index (χ4n) is 3.12. The average Bonchev–Trinajstić information content (AvgIpc) is 2.49. The van der Waals surface area contributed by atoms with Crippen molar-refractivity contribution < 1.29 is 9.22 Å². The molecular weight excluding hydrogens is 326 g/mol. The Morgan fingerprint density at radius 3 is 2.28 bits per heavy atom. The zero-order chi connectivity index (χ0) is 18.8. The number of amides is 1. The first-order chi connectivity index (χ1) is 11.6. The molecule has 0 spiro atoms. The summed E-state index contributed by atoms with van der Waals surface area (Å²) in [5, 5.41) is 3.20. The van der Waals surface area contributed by atoms with E-state index in [2.05, 4.69) is 63.2 Å². The smallest absolute Gasteiger partial charge is 0.228 e. The molecule has 1 aliphatic rings. The molecule has 1 aliphatic heterocycles.